The Kier molecular flexibility index (Phi) is 7.10. The van der Waals surface area contributed by atoms with Crippen LogP contribution in [0.2, 0.25) is 5.02 Å². The zero-order chi connectivity index (χ0) is 19.9. The fourth-order valence-corrected chi connectivity index (χ4v) is 3.63. The van der Waals surface area contributed by atoms with Crippen molar-refractivity contribution < 1.29 is 9.59 Å². The van der Waals surface area contributed by atoms with Crippen molar-refractivity contribution in [1.82, 2.24) is 10.2 Å². The van der Waals surface area contributed by atoms with Gasteiger partial charge in [0.2, 0.25) is 11.8 Å². The maximum atomic E-state index is 12.5. The summed E-state index contributed by atoms with van der Waals surface area (Å²) in [4.78, 5) is 26.6. The maximum Gasteiger partial charge on any atom is 0.224 e. The van der Waals surface area contributed by atoms with Gasteiger partial charge in [-0.25, -0.2) is 0 Å². The first-order valence-corrected chi connectivity index (χ1v) is 10.2. The molecule has 1 N–H and O–H groups in total. The second kappa shape index (κ2) is 9.74. The van der Waals surface area contributed by atoms with Crippen LogP contribution in [0.1, 0.15) is 36.0 Å². The molecule has 3 rings (SSSR count). The molecular weight excluding hydrogens is 372 g/mol. The van der Waals surface area contributed by atoms with Crippen molar-refractivity contribution in [2.45, 2.75) is 45.1 Å². The minimum atomic E-state index is 0.0199. The number of nitrogens with zero attached hydrogens (tertiary/aromatic N) is 1. The Morgan fingerprint density at radius 3 is 2.25 bits per heavy atom. The lowest BCUT2D eigenvalue weighted by atomic mass is 10.0. The molecule has 28 heavy (non-hydrogen) atoms. The Hall–Kier alpha value is -2.33. The highest BCUT2D eigenvalue weighted by Crippen LogP contribution is 2.14. The molecule has 0 spiro atoms. The van der Waals surface area contributed by atoms with Gasteiger partial charge in [-0.05, 0) is 49.4 Å². The first kappa shape index (κ1) is 20.4. The molecular formula is C23H27ClN2O2. The zero-order valence-electron chi connectivity index (χ0n) is 16.3. The van der Waals surface area contributed by atoms with Crippen LogP contribution >= 0.6 is 11.6 Å². The van der Waals surface area contributed by atoms with Crippen molar-refractivity contribution >= 4 is 23.4 Å². The molecule has 2 aromatic carbocycles. The summed E-state index contributed by atoms with van der Waals surface area (Å²) in [5.41, 5.74) is 3.38. The van der Waals surface area contributed by atoms with Gasteiger partial charge in [0.05, 0.1) is 6.42 Å². The van der Waals surface area contributed by atoms with Crippen molar-refractivity contribution in [2.24, 2.45) is 0 Å². The monoisotopic (exact) mass is 398 g/mol. The molecule has 0 bridgehead atoms. The van der Waals surface area contributed by atoms with Gasteiger partial charge in [0, 0.05) is 30.6 Å². The molecule has 1 heterocycles. The first-order chi connectivity index (χ1) is 13.5. The number of amides is 2. The Balaban J connectivity index is 1.38. The molecule has 0 aliphatic carbocycles. The number of piperidine rings is 1. The van der Waals surface area contributed by atoms with Gasteiger partial charge in [0.1, 0.15) is 0 Å². The lowest BCUT2D eigenvalue weighted by Crippen LogP contribution is -2.46. The number of carbonyl (C=O) groups excluding carboxylic acids is 2. The molecule has 5 heteroatoms. The highest BCUT2D eigenvalue weighted by atomic mass is 35.5. The van der Waals surface area contributed by atoms with Crippen molar-refractivity contribution in [3.63, 3.8) is 0 Å². The van der Waals surface area contributed by atoms with Gasteiger partial charge in [-0.15, -0.1) is 0 Å². The van der Waals surface area contributed by atoms with E-state index >= 15 is 0 Å². The Morgan fingerprint density at radius 1 is 1.00 bits per heavy atom. The predicted octanol–water partition coefficient (Wildman–Crippen LogP) is 3.93. The fraction of sp³-hybridized carbons (Fsp3) is 0.391. The van der Waals surface area contributed by atoms with E-state index in [1.165, 1.54) is 11.1 Å². The Labute approximate surface area is 171 Å². The van der Waals surface area contributed by atoms with E-state index in [2.05, 4.69) is 36.5 Å². The number of carbonyl (C=O) groups is 2. The van der Waals surface area contributed by atoms with Crippen LogP contribution in [0.4, 0.5) is 0 Å². The van der Waals surface area contributed by atoms with Crippen molar-refractivity contribution in [3.05, 3.63) is 70.2 Å². The first-order valence-electron chi connectivity index (χ1n) is 9.87. The van der Waals surface area contributed by atoms with E-state index in [1.54, 1.807) is 12.1 Å². The molecule has 1 fully saturated rings. The van der Waals surface area contributed by atoms with Crippen molar-refractivity contribution in [3.8, 4) is 0 Å². The van der Waals surface area contributed by atoms with Gasteiger partial charge in [-0.3, -0.25) is 9.59 Å². The summed E-state index contributed by atoms with van der Waals surface area (Å²) >= 11 is 5.87. The molecule has 1 saturated heterocycles. The largest absolute Gasteiger partial charge is 0.353 e. The summed E-state index contributed by atoms with van der Waals surface area (Å²) in [6.45, 7) is 3.48. The van der Waals surface area contributed by atoms with Crippen LogP contribution in [0.15, 0.2) is 48.5 Å². The number of hydrogen-bond donors (Lipinski definition) is 1. The summed E-state index contributed by atoms with van der Waals surface area (Å²) in [6.07, 6.45) is 3.28. The molecule has 4 nitrogen and oxygen atoms in total. The number of halogens is 1. The molecule has 0 aromatic heterocycles. The van der Waals surface area contributed by atoms with E-state index in [-0.39, 0.29) is 17.9 Å². The van der Waals surface area contributed by atoms with Gasteiger partial charge in [0.15, 0.2) is 0 Å². The topological polar surface area (TPSA) is 49.4 Å². The summed E-state index contributed by atoms with van der Waals surface area (Å²) in [6, 6.07) is 15.8. The van der Waals surface area contributed by atoms with E-state index < -0.39 is 0 Å². The molecule has 1 aliphatic rings. The quantitative estimate of drug-likeness (QED) is 0.801. The third kappa shape index (κ3) is 6.10. The highest BCUT2D eigenvalue weighted by Gasteiger charge is 2.23. The maximum absolute atomic E-state index is 12.5. The highest BCUT2D eigenvalue weighted by molar-refractivity contribution is 6.30. The predicted molar refractivity (Wildman–Crippen MR) is 112 cm³/mol. The van der Waals surface area contributed by atoms with Crippen LogP contribution in [-0.4, -0.2) is 35.8 Å². The molecule has 2 amide bonds. The molecule has 2 aromatic rings. The third-order valence-electron chi connectivity index (χ3n) is 5.24. The van der Waals surface area contributed by atoms with Gasteiger partial charge in [0.25, 0.3) is 0 Å². The second-order valence-corrected chi connectivity index (χ2v) is 7.95. The summed E-state index contributed by atoms with van der Waals surface area (Å²) in [5.74, 6) is 0.220. The molecule has 0 radical (unpaired) electrons. The zero-order valence-corrected chi connectivity index (χ0v) is 17.0. The second-order valence-electron chi connectivity index (χ2n) is 7.51. The number of benzene rings is 2. The number of nitrogens with one attached hydrogen (secondary N) is 1. The van der Waals surface area contributed by atoms with Crippen molar-refractivity contribution in [2.75, 3.05) is 13.1 Å². The lowest BCUT2D eigenvalue weighted by molar-refractivity contribution is -0.132. The molecule has 0 unspecified atom stereocenters. The van der Waals surface area contributed by atoms with Crippen LogP contribution in [0.3, 0.4) is 0 Å². The van der Waals surface area contributed by atoms with E-state index in [1.807, 2.05) is 17.0 Å². The Morgan fingerprint density at radius 2 is 1.61 bits per heavy atom. The van der Waals surface area contributed by atoms with Gasteiger partial charge in [-0.2, -0.15) is 0 Å². The van der Waals surface area contributed by atoms with Gasteiger partial charge in [-0.1, -0.05) is 53.6 Å². The average Bonchev–Trinajstić information content (AvgIpc) is 2.69. The Bertz CT molecular complexity index is 794. The number of aryl methyl sites for hydroxylation is 2. The third-order valence-corrected chi connectivity index (χ3v) is 5.49. The van der Waals surface area contributed by atoms with Crippen LogP contribution in [0, 0.1) is 6.92 Å². The van der Waals surface area contributed by atoms with Crippen LogP contribution < -0.4 is 5.32 Å². The average molecular weight is 399 g/mol. The molecule has 0 atom stereocenters. The standard InChI is InChI=1S/C23H27ClN2O2/c1-17-2-4-18(5-3-17)8-11-23(28)26-14-12-21(13-15-26)25-22(27)16-19-6-9-20(24)10-7-19/h2-7,9-10,21H,8,11-16H2,1H3,(H,25,27). The van der Waals surface area contributed by atoms with Gasteiger partial charge < -0.3 is 10.2 Å². The number of likely N-dealkylation sites (tertiary alicyclic amines) is 1. The molecule has 0 saturated carbocycles. The van der Waals surface area contributed by atoms with Crippen molar-refractivity contribution in [1.29, 1.82) is 0 Å². The molecule has 1 aliphatic heterocycles. The van der Waals surface area contributed by atoms with E-state index in [0.717, 1.165) is 24.8 Å². The lowest BCUT2D eigenvalue weighted by Gasteiger charge is -2.32. The van der Waals surface area contributed by atoms with Crippen LogP contribution in [-0.2, 0) is 22.4 Å². The smallest absolute Gasteiger partial charge is 0.224 e. The normalized spacial score (nSPS) is 14.7. The van der Waals surface area contributed by atoms with Crippen LogP contribution in [0.25, 0.3) is 0 Å². The van der Waals surface area contributed by atoms with Crippen LogP contribution in [0.5, 0.6) is 0 Å². The van der Waals surface area contributed by atoms with Gasteiger partial charge >= 0.3 is 0 Å². The summed E-state index contributed by atoms with van der Waals surface area (Å²) in [7, 11) is 0. The minimum absolute atomic E-state index is 0.0199. The SMILES string of the molecule is Cc1ccc(CCC(=O)N2CCC(NC(=O)Cc3ccc(Cl)cc3)CC2)cc1. The summed E-state index contributed by atoms with van der Waals surface area (Å²) < 4.78 is 0. The van der Waals surface area contributed by atoms with E-state index in [0.29, 0.717) is 31.0 Å². The van der Waals surface area contributed by atoms with E-state index in [9.17, 15) is 9.59 Å². The minimum Gasteiger partial charge on any atom is -0.353 e. The molecule has 148 valence electrons. The summed E-state index contributed by atoms with van der Waals surface area (Å²) in [5, 5.41) is 3.76. The number of hydrogen-bond acceptors (Lipinski definition) is 2. The van der Waals surface area contributed by atoms with E-state index in [4.69, 9.17) is 11.6 Å². The fourth-order valence-electron chi connectivity index (χ4n) is 3.50. The number of rotatable bonds is 6.